The van der Waals surface area contributed by atoms with Gasteiger partial charge in [0.2, 0.25) is 0 Å². The lowest BCUT2D eigenvalue weighted by Gasteiger charge is -2.02. The Kier molecular flexibility index (Phi) is 3.22. The van der Waals surface area contributed by atoms with Gasteiger partial charge in [-0.15, -0.1) is 0 Å². The summed E-state index contributed by atoms with van der Waals surface area (Å²) in [5.41, 5.74) is 7.50. The molecule has 16 heavy (non-hydrogen) atoms. The maximum atomic E-state index is 12.7. The molecule has 0 aliphatic rings. The van der Waals surface area contributed by atoms with Crippen LogP contribution in [-0.2, 0) is 6.42 Å². The predicted octanol–water partition coefficient (Wildman–Crippen LogP) is 1.78. The van der Waals surface area contributed by atoms with E-state index in [0.717, 1.165) is 29.9 Å². The number of aromatic nitrogens is 2. The van der Waals surface area contributed by atoms with Crippen molar-refractivity contribution in [3.63, 3.8) is 0 Å². The van der Waals surface area contributed by atoms with Crippen LogP contribution < -0.4 is 5.73 Å². The van der Waals surface area contributed by atoms with Crippen LogP contribution in [0.1, 0.15) is 5.56 Å². The fourth-order valence-corrected chi connectivity index (χ4v) is 1.49. The third-order valence-electron chi connectivity index (χ3n) is 2.24. The van der Waals surface area contributed by atoms with Gasteiger partial charge in [-0.2, -0.15) is 0 Å². The Morgan fingerprint density at radius 3 is 2.62 bits per heavy atom. The van der Waals surface area contributed by atoms with Gasteiger partial charge in [0, 0.05) is 5.56 Å². The summed E-state index contributed by atoms with van der Waals surface area (Å²) < 4.78 is 12.7. The van der Waals surface area contributed by atoms with Crippen LogP contribution in [0.15, 0.2) is 36.7 Å². The van der Waals surface area contributed by atoms with Gasteiger partial charge in [0.05, 0.1) is 12.4 Å². The molecule has 0 aliphatic carbocycles. The van der Waals surface area contributed by atoms with Crippen molar-refractivity contribution in [2.75, 3.05) is 6.54 Å². The van der Waals surface area contributed by atoms with E-state index < -0.39 is 5.82 Å². The zero-order chi connectivity index (χ0) is 11.4. The van der Waals surface area contributed by atoms with E-state index in [1.807, 2.05) is 24.3 Å². The Hall–Kier alpha value is -1.81. The Morgan fingerprint density at radius 1 is 1.19 bits per heavy atom. The zero-order valence-corrected chi connectivity index (χ0v) is 8.73. The lowest BCUT2D eigenvalue weighted by Crippen LogP contribution is -2.02. The molecule has 0 bridgehead atoms. The first kappa shape index (κ1) is 10.7. The molecule has 1 heterocycles. The van der Waals surface area contributed by atoms with Gasteiger partial charge in [0.15, 0.2) is 11.6 Å². The van der Waals surface area contributed by atoms with Crippen LogP contribution in [0.2, 0.25) is 0 Å². The van der Waals surface area contributed by atoms with Gasteiger partial charge in [-0.25, -0.2) is 14.4 Å². The van der Waals surface area contributed by atoms with E-state index in [1.165, 1.54) is 0 Å². The van der Waals surface area contributed by atoms with Crippen molar-refractivity contribution in [1.82, 2.24) is 9.97 Å². The molecule has 1 aromatic carbocycles. The van der Waals surface area contributed by atoms with Gasteiger partial charge in [0.1, 0.15) is 0 Å². The van der Waals surface area contributed by atoms with Crippen LogP contribution in [-0.4, -0.2) is 16.5 Å². The monoisotopic (exact) mass is 217 g/mol. The second-order valence-corrected chi connectivity index (χ2v) is 3.46. The minimum Gasteiger partial charge on any atom is -0.330 e. The van der Waals surface area contributed by atoms with Gasteiger partial charge in [-0.1, -0.05) is 18.2 Å². The molecule has 2 N–H and O–H groups in total. The van der Waals surface area contributed by atoms with Crippen molar-refractivity contribution in [2.24, 2.45) is 5.73 Å². The van der Waals surface area contributed by atoms with Gasteiger partial charge < -0.3 is 5.73 Å². The van der Waals surface area contributed by atoms with Crippen LogP contribution in [0.4, 0.5) is 4.39 Å². The average molecular weight is 217 g/mol. The topological polar surface area (TPSA) is 51.8 Å². The minimum absolute atomic E-state index is 0.429. The van der Waals surface area contributed by atoms with E-state index >= 15 is 0 Å². The average Bonchev–Trinajstić information content (AvgIpc) is 2.31. The second-order valence-electron chi connectivity index (χ2n) is 3.46. The first-order valence-electron chi connectivity index (χ1n) is 5.06. The third-order valence-corrected chi connectivity index (χ3v) is 2.24. The number of nitrogens with two attached hydrogens (primary N) is 1. The van der Waals surface area contributed by atoms with Crippen molar-refractivity contribution < 1.29 is 4.39 Å². The Bertz CT molecular complexity index is 468. The largest absolute Gasteiger partial charge is 0.330 e. The van der Waals surface area contributed by atoms with Crippen molar-refractivity contribution in [1.29, 1.82) is 0 Å². The number of benzene rings is 1. The highest BCUT2D eigenvalue weighted by atomic mass is 19.1. The van der Waals surface area contributed by atoms with Crippen molar-refractivity contribution in [3.05, 3.63) is 48.0 Å². The van der Waals surface area contributed by atoms with Crippen LogP contribution in [0, 0.1) is 5.82 Å². The van der Waals surface area contributed by atoms with Crippen molar-refractivity contribution in [3.8, 4) is 11.4 Å². The minimum atomic E-state index is -0.429. The molecule has 4 heteroatoms. The van der Waals surface area contributed by atoms with E-state index in [4.69, 9.17) is 5.73 Å². The van der Waals surface area contributed by atoms with E-state index in [0.29, 0.717) is 12.4 Å². The summed E-state index contributed by atoms with van der Waals surface area (Å²) in [6.45, 7) is 0.605. The fourth-order valence-electron chi connectivity index (χ4n) is 1.49. The van der Waals surface area contributed by atoms with Crippen molar-refractivity contribution in [2.45, 2.75) is 6.42 Å². The molecule has 1 aromatic heterocycles. The zero-order valence-electron chi connectivity index (χ0n) is 8.73. The van der Waals surface area contributed by atoms with Crippen molar-refractivity contribution >= 4 is 0 Å². The molecule has 0 unspecified atom stereocenters. The smallest absolute Gasteiger partial charge is 0.159 e. The van der Waals surface area contributed by atoms with Gasteiger partial charge in [0.25, 0.3) is 0 Å². The quantitative estimate of drug-likeness (QED) is 0.852. The fraction of sp³-hybridized carbons (Fsp3) is 0.167. The molecule has 0 fully saturated rings. The van der Waals surface area contributed by atoms with E-state index in [-0.39, 0.29) is 0 Å². The Labute approximate surface area is 93.2 Å². The highest BCUT2D eigenvalue weighted by Crippen LogP contribution is 2.16. The number of nitrogens with zero attached hydrogens (tertiary/aromatic N) is 2. The summed E-state index contributed by atoms with van der Waals surface area (Å²) in [4.78, 5) is 7.86. The summed E-state index contributed by atoms with van der Waals surface area (Å²) in [6, 6.07) is 7.79. The Morgan fingerprint density at radius 2 is 1.94 bits per heavy atom. The van der Waals surface area contributed by atoms with Gasteiger partial charge in [-0.3, -0.25) is 0 Å². The molecule has 0 spiro atoms. The first-order chi connectivity index (χ1) is 7.79. The molecule has 0 radical (unpaired) electrons. The van der Waals surface area contributed by atoms with E-state index in [1.54, 1.807) is 0 Å². The number of halogens is 1. The lowest BCUT2D eigenvalue weighted by atomic mass is 10.1. The van der Waals surface area contributed by atoms with E-state index in [9.17, 15) is 4.39 Å². The highest BCUT2D eigenvalue weighted by Gasteiger charge is 2.02. The normalized spacial score (nSPS) is 10.4. The van der Waals surface area contributed by atoms with Crippen LogP contribution in [0.5, 0.6) is 0 Å². The van der Waals surface area contributed by atoms with Crippen LogP contribution >= 0.6 is 0 Å². The molecule has 0 atom stereocenters. The summed E-state index contributed by atoms with van der Waals surface area (Å²) in [5.74, 6) is 0.0992. The molecular formula is C12H12FN3. The summed E-state index contributed by atoms with van der Waals surface area (Å²) in [5, 5.41) is 0. The molecule has 0 amide bonds. The molecule has 2 rings (SSSR count). The second kappa shape index (κ2) is 4.81. The molecule has 0 aliphatic heterocycles. The summed E-state index contributed by atoms with van der Waals surface area (Å²) >= 11 is 0. The van der Waals surface area contributed by atoms with E-state index in [2.05, 4.69) is 9.97 Å². The molecule has 2 aromatic rings. The van der Waals surface area contributed by atoms with Gasteiger partial charge in [-0.05, 0) is 24.6 Å². The number of rotatable bonds is 3. The highest BCUT2D eigenvalue weighted by molar-refractivity contribution is 5.55. The lowest BCUT2D eigenvalue weighted by molar-refractivity contribution is 0.614. The number of hydrogen-bond donors (Lipinski definition) is 1. The standard InChI is InChI=1S/C12H12FN3/c13-11-7-15-12(16-8-11)10-3-1-2-9(6-10)4-5-14/h1-3,6-8H,4-5,14H2. The molecule has 82 valence electrons. The number of hydrogen-bond acceptors (Lipinski definition) is 3. The summed E-state index contributed by atoms with van der Waals surface area (Å²) in [7, 11) is 0. The maximum Gasteiger partial charge on any atom is 0.159 e. The molecule has 0 saturated carbocycles. The third kappa shape index (κ3) is 2.41. The summed E-state index contributed by atoms with van der Waals surface area (Å²) in [6.07, 6.45) is 3.14. The van der Waals surface area contributed by atoms with Gasteiger partial charge >= 0.3 is 0 Å². The SMILES string of the molecule is NCCc1cccc(-c2ncc(F)cn2)c1. The molecule has 3 nitrogen and oxygen atoms in total. The maximum absolute atomic E-state index is 12.7. The Balaban J connectivity index is 2.32. The molecular weight excluding hydrogens is 205 g/mol. The predicted molar refractivity (Wildman–Crippen MR) is 60.2 cm³/mol. The first-order valence-corrected chi connectivity index (χ1v) is 5.06. The van der Waals surface area contributed by atoms with Crippen LogP contribution in [0.25, 0.3) is 11.4 Å². The molecule has 0 saturated heterocycles. The van der Waals surface area contributed by atoms with Crippen LogP contribution in [0.3, 0.4) is 0 Å².